The molecule has 1 unspecified atom stereocenters. The van der Waals surface area contributed by atoms with Crippen LogP contribution in [0.2, 0.25) is 0 Å². The fraction of sp³-hybridized carbons (Fsp3) is 0.263. The van der Waals surface area contributed by atoms with Crippen LogP contribution in [0.25, 0.3) is 16.9 Å². The summed E-state index contributed by atoms with van der Waals surface area (Å²) in [6, 6.07) is 7.55. The van der Waals surface area contributed by atoms with Crippen LogP contribution >= 0.6 is 0 Å². The van der Waals surface area contributed by atoms with Gasteiger partial charge in [0.05, 0.1) is 24.4 Å². The topological polar surface area (TPSA) is 112 Å². The molecular weight excluding hydrogens is 372 g/mol. The SMILES string of the molecule is Cn1nccc1Nc1nccc(-c2ccn3c(CC4CCOC4=O)nnc3c2)n1. The van der Waals surface area contributed by atoms with Crippen LogP contribution in [0.5, 0.6) is 0 Å². The van der Waals surface area contributed by atoms with E-state index in [0.29, 0.717) is 24.6 Å². The molecule has 1 atom stereocenters. The molecule has 1 aliphatic heterocycles. The minimum Gasteiger partial charge on any atom is -0.465 e. The van der Waals surface area contributed by atoms with Gasteiger partial charge >= 0.3 is 5.97 Å². The summed E-state index contributed by atoms with van der Waals surface area (Å²) in [5, 5.41) is 15.8. The van der Waals surface area contributed by atoms with Gasteiger partial charge in [0.25, 0.3) is 0 Å². The van der Waals surface area contributed by atoms with Crippen molar-refractivity contribution in [2.75, 3.05) is 11.9 Å². The fourth-order valence-corrected chi connectivity index (χ4v) is 3.37. The van der Waals surface area contributed by atoms with Gasteiger partial charge < -0.3 is 10.1 Å². The molecule has 0 aromatic carbocycles. The Morgan fingerprint density at radius 2 is 2.17 bits per heavy atom. The summed E-state index contributed by atoms with van der Waals surface area (Å²) >= 11 is 0. The van der Waals surface area contributed by atoms with Gasteiger partial charge in [0.1, 0.15) is 11.6 Å². The van der Waals surface area contributed by atoms with E-state index in [1.807, 2.05) is 41.9 Å². The maximum Gasteiger partial charge on any atom is 0.309 e. The van der Waals surface area contributed by atoms with E-state index in [0.717, 1.165) is 29.3 Å². The van der Waals surface area contributed by atoms with Crippen molar-refractivity contribution in [1.29, 1.82) is 0 Å². The Morgan fingerprint density at radius 1 is 1.24 bits per heavy atom. The standard InChI is InChI=1S/C19H18N8O2/c1-26-15(3-7-21-26)23-19-20-6-2-14(22-19)12-4-8-27-16(10-12)24-25-17(27)11-13-5-9-29-18(13)28/h2-4,6-8,10,13H,5,9,11H2,1H3,(H,20,22,23). The second-order valence-electron chi connectivity index (χ2n) is 6.85. The highest BCUT2D eigenvalue weighted by Gasteiger charge is 2.28. The molecule has 5 rings (SSSR count). The Hall–Kier alpha value is -3.82. The quantitative estimate of drug-likeness (QED) is 0.513. The molecule has 4 aromatic heterocycles. The first kappa shape index (κ1) is 17.3. The highest BCUT2D eigenvalue weighted by atomic mass is 16.5. The third-order valence-electron chi connectivity index (χ3n) is 4.97. The average molecular weight is 390 g/mol. The number of hydrogen-bond donors (Lipinski definition) is 1. The Balaban J connectivity index is 1.41. The van der Waals surface area contributed by atoms with Gasteiger partial charge in [0.2, 0.25) is 5.95 Å². The molecule has 1 fully saturated rings. The van der Waals surface area contributed by atoms with E-state index in [4.69, 9.17) is 4.74 Å². The van der Waals surface area contributed by atoms with Crippen molar-refractivity contribution < 1.29 is 9.53 Å². The molecule has 5 heterocycles. The van der Waals surface area contributed by atoms with Gasteiger partial charge in [-0.25, -0.2) is 9.97 Å². The summed E-state index contributed by atoms with van der Waals surface area (Å²) in [7, 11) is 1.84. The lowest BCUT2D eigenvalue weighted by molar-refractivity contribution is -0.141. The Bertz CT molecular complexity index is 1200. The summed E-state index contributed by atoms with van der Waals surface area (Å²) in [5.41, 5.74) is 2.35. The van der Waals surface area contributed by atoms with E-state index in [-0.39, 0.29) is 11.9 Å². The number of nitrogens with zero attached hydrogens (tertiary/aromatic N) is 7. The lowest BCUT2D eigenvalue weighted by Gasteiger charge is -2.07. The van der Waals surface area contributed by atoms with Crippen molar-refractivity contribution in [2.24, 2.45) is 13.0 Å². The molecule has 146 valence electrons. The van der Waals surface area contributed by atoms with Gasteiger partial charge in [0.15, 0.2) is 5.65 Å². The summed E-state index contributed by atoms with van der Waals surface area (Å²) < 4.78 is 8.64. The largest absolute Gasteiger partial charge is 0.465 e. The summed E-state index contributed by atoms with van der Waals surface area (Å²) in [6.45, 7) is 0.479. The molecule has 1 saturated heterocycles. The number of hydrogen-bond acceptors (Lipinski definition) is 8. The first-order chi connectivity index (χ1) is 14.2. The van der Waals surface area contributed by atoms with Crippen LogP contribution < -0.4 is 5.32 Å². The molecule has 0 amide bonds. The van der Waals surface area contributed by atoms with Crippen molar-refractivity contribution in [3.63, 3.8) is 0 Å². The molecule has 29 heavy (non-hydrogen) atoms. The van der Waals surface area contributed by atoms with E-state index < -0.39 is 0 Å². The third kappa shape index (κ3) is 3.28. The zero-order valence-corrected chi connectivity index (χ0v) is 15.7. The smallest absolute Gasteiger partial charge is 0.309 e. The van der Waals surface area contributed by atoms with E-state index in [9.17, 15) is 4.79 Å². The molecular formula is C19H18N8O2. The lowest BCUT2D eigenvalue weighted by Crippen LogP contribution is -2.12. The van der Waals surface area contributed by atoms with E-state index >= 15 is 0 Å². The van der Waals surface area contributed by atoms with Gasteiger partial charge in [-0.3, -0.25) is 13.9 Å². The first-order valence-corrected chi connectivity index (χ1v) is 9.26. The molecule has 0 bridgehead atoms. The van der Waals surface area contributed by atoms with Crippen LogP contribution in [0.3, 0.4) is 0 Å². The number of aromatic nitrogens is 7. The monoisotopic (exact) mass is 390 g/mol. The van der Waals surface area contributed by atoms with Crippen LogP contribution in [-0.2, 0) is 23.0 Å². The van der Waals surface area contributed by atoms with Crippen molar-refractivity contribution in [3.8, 4) is 11.3 Å². The van der Waals surface area contributed by atoms with Gasteiger partial charge in [-0.15, -0.1) is 10.2 Å². The van der Waals surface area contributed by atoms with E-state index in [2.05, 4.69) is 30.6 Å². The zero-order chi connectivity index (χ0) is 19.8. The van der Waals surface area contributed by atoms with Crippen LogP contribution in [0, 0.1) is 5.92 Å². The number of pyridine rings is 1. The number of cyclic esters (lactones) is 1. The van der Waals surface area contributed by atoms with Gasteiger partial charge in [-0.2, -0.15) is 5.10 Å². The molecule has 1 aliphatic rings. The molecule has 10 heteroatoms. The maximum atomic E-state index is 11.7. The second-order valence-corrected chi connectivity index (χ2v) is 6.85. The average Bonchev–Trinajstić information content (AvgIpc) is 3.44. The summed E-state index contributed by atoms with van der Waals surface area (Å²) in [6.07, 6.45) is 6.54. The molecule has 0 spiro atoms. The second kappa shape index (κ2) is 6.97. The number of aryl methyl sites for hydroxylation is 1. The number of fused-ring (bicyclic) bond motifs is 1. The lowest BCUT2D eigenvalue weighted by atomic mass is 10.0. The van der Waals surface area contributed by atoms with Gasteiger partial charge in [-0.1, -0.05) is 0 Å². The highest BCUT2D eigenvalue weighted by molar-refractivity contribution is 5.74. The number of esters is 1. The minimum atomic E-state index is -0.159. The Labute approximate surface area is 165 Å². The maximum absolute atomic E-state index is 11.7. The summed E-state index contributed by atoms with van der Waals surface area (Å²) in [4.78, 5) is 20.6. The Kier molecular flexibility index (Phi) is 4.15. The Morgan fingerprint density at radius 3 is 2.97 bits per heavy atom. The van der Waals surface area contributed by atoms with Crippen LogP contribution in [0.1, 0.15) is 12.2 Å². The molecule has 4 aromatic rings. The zero-order valence-electron chi connectivity index (χ0n) is 15.7. The normalized spacial score (nSPS) is 16.3. The molecule has 0 aliphatic carbocycles. The van der Waals surface area contributed by atoms with E-state index in [1.54, 1.807) is 17.1 Å². The van der Waals surface area contributed by atoms with Crippen molar-refractivity contribution in [3.05, 3.63) is 48.7 Å². The van der Waals surface area contributed by atoms with Crippen molar-refractivity contribution >= 4 is 23.4 Å². The number of ether oxygens (including phenoxy) is 1. The van der Waals surface area contributed by atoms with Crippen LogP contribution in [0.4, 0.5) is 11.8 Å². The van der Waals surface area contributed by atoms with Crippen molar-refractivity contribution in [2.45, 2.75) is 12.8 Å². The molecule has 0 radical (unpaired) electrons. The number of carbonyl (C=O) groups excluding carboxylic acids is 1. The van der Waals surface area contributed by atoms with Crippen LogP contribution in [-0.4, -0.2) is 46.9 Å². The number of anilines is 2. The van der Waals surface area contributed by atoms with Crippen LogP contribution in [0.15, 0.2) is 42.9 Å². The third-order valence-corrected chi connectivity index (χ3v) is 4.97. The first-order valence-electron chi connectivity index (χ1n) is 9.26. The molecule has 10 nitrogen and oxygen atoms in total. The summed E-state index contributed by atoms with van der Waals surface area (Å²) in [5.74, 6) is 1.71. The molecule has 1 N–H and O–H groups in total. The van der Waals surface area contributed by atoms with Gasteiger partial charge in [0, 0.05) is 37.5 Å². The van der Waals surface area contributed by atoms with E-state index in [1.165, 1.54) is 0 Å². The van der Waals surface area contributed by atoms with Crippen molar-refractivity contribution in [1.82, 2.24) is 34.3 Å². The predicted octanol–water partition coefficient (Wildman–Crippen LogP) is 1.77. The fourth-order valence-electron chi connectivity index (χ4n) is 3.37. The number of rotatable bonds is 5. The number of nitrogens with one attached hydrogen (secondary N) is 1. The number of carbonyl (C=O) groups is 1. The minimum absolute atomic E-state index is 0.149. The highest BCUT2D eigenvalue weighted by Crippen LogP contribution is 2.23. The molecule has 0 saturated carbocycles. The van der Waals surface area contributed by atoms with Gasteiger partial charge in [-0.05, 0) is 24.6 Å². The predicted molar refractivity (Wildman–Crippen MR) is 103 cm³/mol.